The molecule has 1 saturated heterocycles. The van der Waals surface area contributed by atoms with Crippen LogP contribution in [0.4, 0.5) is 11.5 Å². The summed E-state index contributed by atoms with van der Waals surface area (Å²) in [4.78, 5) is 16.1. The second-order valence-electron chi connectivity index (χ2n) is 4.28. The van der Waals surface area contributed by atoms with Crippen LogP contribution in [0.1, 0.15) is 18.9 Å². The molecule has 1 aliphatic rings. The summed E-state index contributed by atoms with van der Waals surface area (Å²) in [6.07, 6.45) is 2.18. The number of hydrogen-bond acceptors (Lipinski definition) is 6. The molecule has 2 heterocycles. The number of rotatable bonds is 3. The summed E-state index contributed by atoms with van der Waals surface area (Å²) in [5, 5.41) is 19.8. The third-order valence-corrected chi connectivity index (χ3v) is 3.08. The number of hydrogen-bond donors (Lipinski definition) is 0. The topological polar surface area (TPSA) is 92.3 Å². The molecular formula is C12H14N4O3. The number of ether oxygens (including phenoxy) is 1. The highest BCUT2D eigenvalue weighted by molar-refractivity contribution is 5.57. The lowest BCUT2D eigenvalue weighted by atomic mass is 10.2. The van der Waals surface area contributed by atoms with Crippen molar-refractivity contribution < 1.29 is 9.66 Å². The first-order chi connectivity index (χ1) is 9.15. The molecule has 7 heteroatoms. The molecule has 0 aliphatic carbocycles. The van der Waals surface area contributed by atoms with E-state index in [0.29, 0.717) is 25.5 Å². The van der Waals surface area contributed by atoms with Gasteiger partial charge in [-0.2, -0.15) is 5.26 Å². The zero-order chi connectivity index (χ0) is 13.8. The van der Waals surface area contributed by atoms with Crippen molar-refractivity contribution in [3.05, 3.63) is 27.9 Å². The van der Waals surface area contributed by atoms with Crippen molar-refractivity contribution in [2.75, 3.05) is 24.6 Å². The summed E-state index contributed by atoms with van der Waals surface area (Å²) in [6, 6.07) is 3.23. The molecule has 0 aromatic carbocycles. The summed E-state index contributed by atoms with van der Waals surface area (Å²) in [7, 11) is 0. The average Bonchev–Trinajstić information content (AvgIpc) is 2.46. The van der Waals surface area contributed by atoms with Crippen molar-refractivity contribution in [1.82, 2.24) is 4.98 Å². The molecule has 0 N–H and O–H groups in total. The number of nitrogens with zero attached hydrogens (tertiary/aromatic N) is 4. The summed E-state index contributed by atoms with van der Waals surface area (Å²) in [6.45, 7) is 3.89. The molecular weight excluding hydrogens is 248 g/mol. The number of aromatic nitrogens is 1. The molecule has 0 bridgehead atoms. The zero-order valence-electron chi connectivity index (χ0n) is 10.6. The van der Waals surface area contributed by atoms with E-state index in [1.807, 2.05) is 17.9 Å². The first kappa shape index (κ1) is 13.2. The SMILES string of the molecule is CC[C@@H]1CN(c2ncc([N+](=O)[O-])cc2C#N)CCO1. The second kappa shape index (κ2) is 5.63. The van der Waals surface area contributed by atoms with Crippen LogP contribution in [0.15, 0.2) is 12.3 Å². The maximum Gasteiger partial charge on any atom is 0.289 e. The van der Waals surface area contributed by atoms with Crippen molar-refractivity contribution in [2.45, 2.75) is 19.4 Å². The summed E-state index contributed by atoms with van der Waals surface area (Å²) >= 11 is 0. The third-order valence-electron chi connectivity index (χ3n) is 3.08. The van der Waals surface area contributed by atoms with E-state index in [9.17, 15) is 10.1 Å². The number of pyridine rings is 1. The zero-order valence-corrected chi connectivity index (χ0v) is 10.6. The molecule has 19 heavy (non-hydrogen) atoms. The molecule has 1 aromatic rings. The molecule has 0 unspecified atom stereocenters. The smallest absolute Gasteiger partial charge is 0.289 e. The number of nitro groups is 1. The van der Waals surface area contributed by atoms with E-state index in [2.05, 4.69) is 4.98 Å². The minimum absolute atomic E-state index is 0.109. The van der Waals surface area contributed by atoms with Gasteiger partial charge < -0.3 is 9.64 Å². The van der Waals surface area contributed by atoms with Crippen LogP contribution < -0.4 is 4.90 Å². The fraction of sp³-hybridized carbons (Fsp3) is 0.500. The normalized spacial score (nSPS) is 18.9. The van der Waals surface area contributed by atoms with Gasteiger partial charge in [-0.3, -0.25) is 10.1 Å². The lowest BCUT2D eigenvalue weighted by Crippen LogP contribution is -2.43. The highest BCUT2D eigenvalue weighted by Crippen LogP contribution is 2.23. The third kappa shape index (κ3) is 2.80. The van der Waals surface area contributed by atoms with E-state index in [1.165, 1.54) is 12.3 Å². The van der Waals surface area contributed by atoms with Crippen LogP contribution in [0.5, 0.6) is 0 Å². The summed E-state index contributed by atoms with van der Waals surface area (Å²) in [5.41, 5.74) is 0.0616. The van der Waals surface area contributed by atoms with Crippen LogP contribution in [0.2, 0.25) is 0 Å². The van der Waals surface area contributed by atoms with E-state index < -0.39 is 4.92 Å². The Morgan fingerprint density at radius 2 is 2.53 bits per heavy atom. The van der Waals surface area contributed by atoms with Gasteiger partial charge in [-0.05, 0) is 6.42 Å². The number of anilines is 1. The van der Waals surface area contributed by atoms with Crippen LogP contribution in [0.3, 0.4) is 0 Å². The van der Waals surface area contributed by atoms with Gasteiger partial charge in [0.25, 0.3) is 5.69 Å². The van der Waals surface area contributed by atoms with E-state index in [-0.39, 0.29) is 17.4 Å². The highest BCUT2D eigenvalue weighted by atomic mass is 16.6. The van der Waals surface area contributed by atoms with Gasteiger partial charge in [0, 0.05) is 19.2 Å². The van der Waals surface area contributed by atoms with Gasteiger partial charge in [-0.1, -0.05) is 6.92 Å². The Morgan fingerprint density at radius 3 is 3.16 bits per heavy atom. The summed E-state index contributed by atoms with van der Waals surface area (Å²) in [5.74, 6) is 0.495. The Bertz CT molecular complexity index is 526. The van der Waals surface area contributed by atoms with Crippen LogP contribution in [0.25, 0.3) is 0 Å². The maximum absolute atomic E-state index is 10.7. The van der Waals surface area contributed by atoms with Crippen molar-refractivity contribution in [1.29, 1.82) is 5.26 Å². The molecule has 1 aromatic heterocycles. The molecule has 0 spiro atoms. The van der Waals surface area contributed by atoms with Crippen molar-refractivity contribution in [2.24, 2.45) is 0 Å². The Kier molecular flexibility index (Phi) is 3.92. The molecule has 0 saturated carbocycles. The van der Waals surface area contributed by atoms with Crippen LogP contribution in [-0.2, 0) is 4.74 Å². The molecule has 0 amide bonds. The monoisotopic (exact) mass is 262 g/mol. The molecule has 7 nitrogen and oxygen atoms in total. The van der Waals surface area contributed by atoms with Crippen molar-refractivity contribution in [3.8, 4) is 6.07 Å². The molecule has 0 radical (unpaired) electrons. The minimum Gasteiger partial charge on any atom is -0.375 e. The fourth-order valence-corrected chi connectivity index (χ4v) is 2.04. The van der Waals surface area contributed by atoms with Gasteiger partial charge in [0.05, 0.1) is 17.6 Å². The Morgan fingerprint density at radius 1 is 1.74 bits per heavy atom. The first-order valence-electron chi connectivity index (χ1n) is 6.06. The average molecular weight is 262 g/mol. The predicted molar refractivity (Wildman–Crippen MR) is 67.9 cm³/mol. The standard InChI is InChI=1S/C12H14N4O3/c1-2-11-8-15(3-4-19-11)12-9(6-13)5-10(7-14-12)16(17)18/h5,7,11H,2-4,8H2,1H3/t11-/m1/s1. The van der Waals surface area contributed by atoms with Gasteiger partial charge in [0.1, 0.15) is 23.6 Å². The van der Waals surface area contributed by atoms with Crippen LogP contribution >= 0.6 is 0 Å². The van der Waals surface area contributed by atoms with E-state index >= 15 is 0 Å². The van der Waals surface area contributed by atoms with Crippen LogP contribution in [-0.4, -0.2) is 35.7 Å². The van der Waals surface area contributed by atoms with Crippen molar-refractivity contribution >= 4 is 11.5 Å². The molecule has 1 atom stereocenters. The Hall–Kier alpha value is -2.20. The largest absolute Gasteiger partial charge is 0.375 e. The number of nitriles is 1. The Balaban J connectivity index is 2.29. The van der Waals surface area contributed by atoms with Gasteiger partial charge in [-0.15, -0.1) is 0 Å². The number of morpholine rings is 1. The minimum atomic E-state index is -0.550. The second-order valence-corrected chi connectivity index (χ2v) is 4.28. The van der Waals surface area contributed by atoms with E-state index in [1.54, 1.807) is 0 Å². The van der Waals surface area contributed by atoms with Gasteiger partial charge >= 0.3 is 0 Å². The molecule has 1 fully saturated rings. The lowest BCUT2D eigenvalue weighted by Gasteiger charge is -2.33. The van der Waals surface area contributed by atoms with Crippen molar-refractivity contribution in [3.63, 3.8) is 0 Å². The first-order valence-corrected chi connectivity index (χ1v) is 6.06. The summed E-state index contributed by atoms with van der Waals surface area (Å²) < 4.78 is 5.55. The maximum atomic E-state index is 10.7. The van der Waals surface area contributed by atoms with Crippen LogP contribution in [0, 0.1) is 21.4 Å². The van der Waals surface area contributed by atoms with Gasteiger partial charge in [-0.25, -0.2) is 4.98 Å². The Labute approximate surface area is 110 Å². The van der Waals surface area contributed by atoms with Gasteiger partial charge in [0.15, 0.2) is 0 Å². The van der Waals surface area contributed by atoms with E-state index in [0.717, 1.165) is 6.42 Å². The fourth-order valence-electron chi connectivity index (χ4n) is 2.04. The predicted octanol–water partition coefficient (Wildman–Crippen LogP) is 1.48. The molecule has 2 rings (SSSR count). The quantitative estimate of drug-likeness (QED) is 0.605. The molecule has 100 valence electrons. The van der Waals surface area contributed by atoms with Gasteiger partial charge in [0.2, 0.25) is 0 Å². The lowest BCUT2D eigenvalue weighted by molar-refractivity contribution is -0.385. The highest BCUT2D eigenvalue weighted by Gasteiger charge is 2.23. The van der Waals surface area contributed by atoms with E-state index in [4.69, 9.17) is 10.00 Å². The molecule has 1 aliphatic heterocycles.